The van der Waals surface area contributed by atoms with Gasteiger partial charge in [-0.15, -0.1) is 0 Å². The fraction of sp³-hybridized carbons (Fsp3) is 0.267. The van der Waals surface area contributed by atoms with Crippen LogP contribution in [0.5, 0.6) is 0 Å². The molecular weight excluding hydrogens is 256 g/mol. The van der Waals surface area contributed by atoms with Gasteiger partial charge in [0.2, 0.25) is 0 Å². The third kappa shape index (κ3) is 2.47. The highest BCUT2D eigenvalue weighted by Crippen LogP contribution is 2.17. The molecule has 0 atom stereocenters. The molecule has 0 aliphatic carbocycles. The lowest BCUT2D eigenvalue weighted by Crippen LogP contribution is -2.27. The van der Waals surface area contributed by atoms with Crippen molar-refractivity contribution in [1.29, 1.82) is 0 Å². The zero-order chi connectivity index (χ0) is 14.9. The molecule has 1 aromatic heterocycles. The van der Waals surface area contributed by atoms with E-state index in [0.29, 0.717) is 17.0 Å². The maximum atomic E-state index is 12.2. The van der Waals surface area contributed by atoms with Gasteiger partial charge in [-0.25, -0.2) is 4.79 Å². The predicted octanol–water partition coefficient (Wildman–Crippen LogP) is 1.78. The first kappa shape index (κ1) is 14.0. The van der Waals surface area contributed by atoms with Crippen LogP contribution in [-0.4, -0.2) is 20.6 Å². The predicted molar refractivity (Wildman–Crippen MR) is 75.4 cm³/mol. The lowest BCUT2D eigenvalue weighted by Gasteiger charge is -2.16. The second-order valence-electron chi connectivity index (χ2n) is 4.74. The minimum Gasteiger partial charge on any atom is -0.481 e. The van der Waals surface area contributed by atoms with E-state index in [0.717, 1.165) is 11.3 Å². The van der Waals surface area contributed by atoms with Crippen molar-refractivity contribution in [3.05, 3.63) is 57.3 Å². The van der Waals surface area contributed by atoms with Gasteiger partial charge in [0, 0.05) is 17.0 Å². The lowest BCUT2D eigenvalue weighted by molar-refractivity contribution is -0.136. The Kier molecular flexibility index (Phi) is 3.70. The van der Waals surface area contributed by atoms with Gasteiger partial charge in [0.1, 0.15) is 0 Å². The SMILES string of the molecule is Cc1ccccc1-n1c(C)c(CC(=O)O)c(C)nc1=O. The van der Waals surface area contributed by atoms with Crippen LogP contribution in [0.4, 0.5) is 0 Å². The molecule has 104 valence electrons. The maximum Gasteiger partial charge on any atom is 0.352 e. The summed E-state index contributed by atoms with van der Waals surface area (Å²) in [5, 5.41) is 8.99. The Morgan fingerprint density at radius 3 is 2.50 bits per heavy atom. The van der Waals surface area contributed by atoms with Crippen LogP contribution in [0, 0.1) is 20.8 Å². The van der Waals surface area contributed by atoms with E-state index in [1.165, 1.54) is 4.57 Å². The number of benzene rings is 1. The van der Waals surface area contributed by atoms with E-state index in [4.69, 9.17) is 5.11 Å². The van der Waals surface area contributed by atoms with Crippen LogP contribution in [0.15, 0.2) is 29.1 Å². The third-order valence-electron chi connectivity index (χ3n) is 3.35. The maximum absolute atomic E-state index is 12.2. The van der Waals surface area contributed by atoms with Crippen molar-refractivity contribution < 1.29 is 9.90 Å². The fourth-order valence-corrected chi connectivity index (χ4v) is 2.31. The van der Waals surface area contributed by atoms with Gasteiger partial charge in [0.25, 0.3) is 0 Å². The molecule has 1 N–H and O–H groups in total. The quantitative estimate of drug-likeness (QED) is 0.924. The number of carboxylic acids is 1. The minimum absolute atomic E-state index is 0.142. The van der Waals surface area contributed by atoms with Crippen molar-refractivity contribution in [2.24, 2.45) is 0 Å². The van der Waals surface area contributed by atoms with E-state index >= 15 is 0 Å². The topological polar surface area (TPSA) is 72.2 Å². The van der Waals surface area contributed by atoms with Crippen molar-refractivity contribution in [2.75, 3.05) is 0 Å². The van der Waals surface area contributed by atoms with Crippen LogP contribution >= 0.6 is 0 Å². The third-order valence-corrected chi connectivity index (χ3v) is 3.35. The van der Waals surface area contributed by atoms with Gasteiger partial charge in [-0.05, 0) is 32.4 Å². The number of aryl methyl sites for hydroxylation is 2. The van der Waals surface area contributed by atoms with Gasteiger partial charge < -0.3 is 5.11 Å². The van der Waals surface area contributed by atoms with Gasteiger partial charge in [-0.2, -0.15) is 4.98 Å². The molecule has 0 aliphatic rings. The molecule has 0 spiro atoms. The van der Waals surface area contributed by atoms with Gasteiger partial charge in [0.15, 0.2) is 0 Å². The van der Waals surface area contributed by atoms with Crippen molar-refractivity contribution in [2.45, 2.75) is 27.2 Å². The molecule has 2 aromatic rings. The molecule has 0 saturated heterocycles. The zero-order valence-corrected chi connectivity index (χ0v) is 11.7. The Hall–Kier alpha value is -2.43. The number of aromatic nitrogens is 2. The van der Waals surface area contributed by atoms with Crippen LogP contribution < -0.4 is 5.69 Å². The highest BCUT2D eigenvalue weighted by molar-refractivity contribution is 5.71. The van der Waals surface area contributed by atoms with Gasteiger partial charge >= 0.3 is 11.7 Å². The van der Waals surface area contributed by atoms with Crippen LogP contribution in [0.25, 0.3) is 5.69 Å². The molecule has 0 aliphatic heterocycles. The number of carbonyl (C=O) groups is 1. The highest BCUT2D eigenvalue weighted by atomic mass is 16.4. The van der Waals surface area contributed by atoms with Crippen LogP contribution in [0.2, 0.25) is 0 Å². The Labute approximate surface area is 116 Å². The average Bonchev–Trinajstić information content (AvgIpc) is 2.36. The molecule has 0 unspecified atom stereocenters. The summed E-state index contributed by atoms with van der Waals surface area (Å²) in [6.07, 6.45) is -0.142. The average molecular weight is 272 g/mol. The van der Waals surface area contributed by atoms with Crippen molar-refractivity contribution >= 4 is 5.97 Å². The number of rotatable bonds is 3. The van der Waals surface area contributed by atoms with Crippen LogP contribution in [-0.2, 0) is 11.2 Å². The van der Waals surface area contributed by atoms with E-state index < -0.39 is 5.97 Å². The number of nitrogens with zero attached hydrogens (tertiary/aromatic N) is 2. The van der Waals surface area contributed by atoms with E-state index in [2.05, 4.69) is 4.98 Å². The van der Waals surface area contributed by atoms with Crippen LogP contribution in [0.1, 0.15) is 22.5 Å². The fourth-order valence-electron chi connectivity index (χ4n) is 2.31. The number of hydrogen-bond donors (Lipinski definition) is 1. The molecule has 0 fully saturated rings. The Morgan fingerprint density at radius 1 is 1.25 bits per heavy atom. The molecular formula is C15H16N2O3. The van der Waals surface area contributed by atoms with E-state index in [9.17, 15) is 9.59 Å². The van der Waals surface area contributed by atoms with Crippen molar-refractivity contribution in [3.8, 4) is 5.69 Å². The first-order valence-electron chi connectivity index (χ1n) is 6.28. The number of hydrogen-bond acceptors (Lipinski definition) is 3. The Morgan fingerprint density at radius 2 is 1.90 bits per heavy atom. The largest absolute Gasteiger partial charge is 0.481 e. The summed E-state index contributed by atoms with van der Waals surface area (Å²) in [5.41, 5.74) is 2.96. The number of carboxylic acid groups (broad SMARTS) is 1. The van der Waals surface area contributed by atoms with E-state index in [-0.39, 0.29) is 12.1 Å². The summed E-state index contributed by atoms with van der Waals surface area (Å²) in [4.78, 5) is 27.1. The number of aliphatic carboxylic acids is 1. The number of para-hydroxylation sites is 1. The Bertz CT molecular complexity index is 732. The molecule has 0 bridgehead atoms. The lowest BCUT2D eigenvalue weighted by atomic mass is 10.1. The van der Waals surface area contributed by atoms with Crippen molar-refractivity contribution in [1.82, 2.24) is 9.55 Å². The minimum atomic E-state index is -0.937. The first-order chi connectivity index (χ1) is 9.41. The summed E-state index contributed by atoms with van der Waals surface area (Å²) >= 11 is 0. The summed E-state index contributed by atoms with van der Waals surface area (Å²) in [6, 6.07) is 7.45. The molecule has 5 heteroatoms. The van der Waals surface area contributed by atoms with Gasteiger partial charge in [-0.3, -0.25) is 9.36 Å². The summed E-state index contributed by atoms with van der Waals surface area (Å²) in [5.74, 6) is -0.937. The molecule has 0 saturated carbocycles. The Balaban J connectivity index is 2.74. The van der Waals surface area contributed by atoms with Gasteiger partial charge in [-0.1, -0.05) is 18.2 Å². The standard InChI is InChI=1S/C15H16N2O3/c1-9-6-4-5-7-13(9)17-11(3)12(8-14(18)19)10(2)16-15(17)20/h4-7H,8H2,1-3H3,(H,18,19). The summed E-state index contributed by atoms with van der Waals surface area (Å²) < 4.78 is 1.47. The summed E-state index contributed by atoms with van der Waals surface area (Å²) in [7, 11) is 0. The smallest absolute Gasteiger partial charge is 0.352 e. The monoisotopic (exact) mass is 272 g/mol. The van der Waals surface area contributed by atoms with Gasteiger partial charge in [0.05, 0.1) is 12.1 Å². The molecule has 5 nitrogen and oxygen atoms in total. The molecule has 0 radical (unpaired) electrons. The molecule has 2 rings (SSSR count). The van der Waals surface area contributed by atoms with Crippen molar-refractivity contribution in [3.63, 3.8) is 0 Å². The van der Waals surface area contributed by atoms with E-state index in [1.807, 2.05) is 31.2 Å². The summed E-state index contributed by atoms with van der Waals surface area (Å²) in [6.45, 7) is 5.31. The second-order valence-corrected chi connectivity index (χ2v) is 4.74. The molecule has 0 amide bonds. The molecule has 1 aromatic carbocycles. The molecule has 1 heterocycles. The highest BCUT2D eigenvalue weighted by Gasteiger charge is 2.15. The van der Waals surface area contributed by atoms with E-state index in [1.54, 1.807) is 13.8 Å². The second kappa shape index (κ2) is 5.28. The first-order valence-corrected chi connectivity index (χ1v) is 6.28. The van der Waals surface area contributed by atoms with Crippen LogP contribution in [0.3, 0.4) is 0 Å². The zero-order valence-electron chi connectivity index (χ0n) is 11.7. The molecule has 20 heavy (non-hydrogen) atoms. The normalized spacial score (nSPS) is 10.6.